The Balaban J connectivity index is 3.58. The Morgan fingerprint density at radius 3 is 2.59 bits per heavy atom. The van der Waals surface area contributed by atoms with Crippen molar-refractivity contribution in [1.29, 1.82) is 0 Å². The molecule has 0 aromatic heterocycles. The Bertz CT molecular complexity index is 224. The van der Waals surface area contributed by atoms with Gasteiger partial charge in [-0.05, 0) is 32.5 Å². The summed E-state index contributed by atoms with van der Waals surface area (Å²) in [6.07, 6.45) is -4.30. The number of alkyl halides is 3. The van der Waals surface area contributed by atoms with Gasteiger partial charge in [0.2, 0.25) is 0 Å². The van der Waals surface area contributed by atoms with Gasteiger partial charge in [0.25, 0.3) is 0 Å². The SMILES string of the molecule is CCOCCCNC(=S)NC(C)CC(F)(F)F. The van der Waals surface area contributed by atoms with Crippen molar-refractivity contribution in [3.63, 3.8) is 0 Å². The highest BCUT2D eigenvalue weighted by atomic mass is 32.1. The van der Waals surface area contributed by atoms with Crippen LogP contribution in [0.2, 0.25) is 0 Å². The van der Waals surface area contributed by atoms with Gasteiger partial charge in [0.15, 0.2) is 5.11 Å². The molecule has 0 saturated carbocycles. The first-order chi connectivity index (χ1) is 7.85. The van der Waals surface area contributed by atoms with Crippen molar-refractivity contribution in [2.75, 3.05) is 19.8 Å². The number of rotatable bonds is 7. The van der Waals surface area contributed by atoms with Gasteiger partial charge in [-0.15, -0.1) is 0 Å². The summed E-state index contributed by atoms with van der Waals surface area (Å²) in [5.41, 5.74) is 0. The first-order valence-corrected chi connectivity index (χ1v) is 5.95. The number of nitrogens with one attached hydrogen (secondary N) is 2. The summed E-state index contributed by atoms with van der Waals surface area (Å²) >= 11 is 4.87. The van der Waals surface area contributed by atoms with E-state index in [4.69, 9.17) is 17.0 Å². The summed E-state index contributed by atoms with van der Waals surface area (Å²) in [7, 11) is 0. The van der Waals surface area contributed by atoms with Gasteiger partial charge in [0.05, 0.1) is 6.42 Å². The van der Waals surface area contributed by atoms with Crippen LogP contribution in [0.5, 0.6) is 0 Å². The Kier molecular flexibility index (Phi) is 8.24. The molecule has 2 N–H and O–H groups in total. The molecule has 0 heterocycles. The van der Waals surface area contributed by atoms with Gasteiger partial charge in [-0.2, -0.15) is 13.2 Å². The molecule has 0 amide bonds. The molecule has 1 unspecified atom stereocenters. The number of hydrogen-bond donors (Lipinski definition) is 2. The van der Waals surface area contributed by atoms with E-state index in [0.717, 1.165) is 6.42 Å². The lowest BCUT2D eigenvalue weighted by molar-refractivity contribution is -0.138. The number of halogens is 3. The van der Waals surface area contributed by atoms with Gasteiger partial charge >= 0.3 is 6.18 Å². The molecule has 1 atom stereocenters. The molecule has 7 heteroatoms. The molecule has 0 aliphatic heterocycles. The molecule has 0 aromatic carbocycles. The van der Waals surface area contributed by atoms with Gasteiger partial charge in [-0.3, -0.25) is 0 Å². The highest BCUT2D eigenvalue weighted by Crippen LogP contribution is 2.21. The van der Waals surface area contributed by atoms with Crippen molar-refractivity contribution >= 4 is 17.3 Å². The van der Waals surface area contributed by atoms with Crippen LogP contribution in [0.25, 0.3) is 0 Å². The highest BCUT2D eigenvalue weighted by molar-refractivity contribution is 7.80. The smallest absolute Gasteiger partial charge is 0.382 e. The summed E-state index contributed by atoms with van der Waals surface area (Å²) in [5, 5.41) is 5.67. The lowest BCUT2D eigenvalue weighted by Gasteiger charge is -2.18. The Morgan fingerprint density at radius 2 is 2.06 bits per heavy atom. The molecule has 0 saturated heterocycles. The summed E-state index contributed by atoms with van der Waals surface area (Å²) in [6.45, 7) is 5.21. The lowest BCUT2D eigenvalue weighted by atomic mass is 10.2. The number of thiocarbonyl (C=S) groups is 1. The second-order valence-electron chi connectivity index (χ2n) is 3.67. The van der Waals surface area contributed by atoms with Gasteiger partial charge in [-0.1, -0.05) is 0 Å². The average molecular weight is 272 g/mol. The second-order valence-corrected chi connectivity index (χ2v) is 4.08. The van der Waals surface area contributed by atoms with Crippen molar-refractivity contribution in [3.8, 4) is 0 Å². The van der Waals surface area contributed by atoms with Crippen LogP contribution in [0.4, 0.5) is 13.2 Å². The Labute approximate surface area is 105 Å². The minimum atomic E-state index is -4.17. The van der Waals surface area contributed by atoms with Crippen molar-refractivity contribution in [3.05, 3.63) is 0 Å². The topological polar surface area (TPSA) is 33.3 Å². The molecule has 0 aromatic rings. The standard InChI is InChI=1S/C10H19F3N2OS/c1-3-16-6-4-5-14-9(17)15-8(2)7-10(11,12)13/h8H,3-7H2,1-2H3,(H2,14,15,17). The normalized spacial score (nSPS) is 13.2. The van der Waals surface area contributed by atoms with Crippen molar-refractivity contribution in [1.82, 2.24) is 10.6 Å². The van der Waals surface area contributed by atoms with Crippen LogP contribution in [0.3, 0.4) is 0 Å². The van der Waals surface area contributed by atoms with E-state index in [1.54, 1.807) is 0 Å². The van der Waals surface area contributed by atoms with Crippen LogP contribution in [-0.4, -0.2) is 37.1 Å². The van der Waals surface area contributed by atoms with E-state index in [0.29, 0.717) is 19.8 Å². The van der Waals surface area contributed by atoms with Gasteiger partial charge in [-0.25, -0.2) is 0 Å². The van der Waals surface area contributed by atoms with Crippen LogP contribution in [-0.2, 0) is 4.74 Å². The van der Waals surface area contributed by atoms with E-state index in [2.05, 4.69) is 10.6 Å². The summed E-state index contributed by atoms with van der Waals surface area (Å²) in [4.78, 5) is 0. The van der Waals surface area contributed by atoms with Crippen LogP contribution in [0, 0.1) is 0 Å². The molecular weight excluding hydrogens is 253 g/mol. The number of ether oxygens (including phenoxy) is 1. The quantitative estimate of drug-likeness (QED) is 0.550. The zero-order valence-corrected chi connectivity index (χ0v) is 10.9. The zero-order chi connectivity index (χ0) is 13.3. The van der Waals surface area contributed by atoms with Gasteiger partial charge in [0, 0.05) is 25.8 Å². The number of hydrogen-bond acceptors (Lipinski definition) is 2. The first kappa shape index (κ1) is 16.4. The van der Waals surface area contributed by atoms with E-state index in [-0.39, 0.29) is 5.11 Å². The maximum absolute atomic E-state index is 12.0. The van der Waals surface area contributed by atoms with E-state index in [1.165, 1.54) is 6.92 Å². The van der Waals surface area contributed by atoms with Crippen LogP contribution < -0.4 is 10.6 Å². The maximum atomic E-state index is 12.0. The molecule has 0 fully saturated rings. The Hall–Kier alpha value is -0.560. The van der Waals surface area contributed by atoms with E-state index < -0.39 is 18.6 Å². The molecule has 0 bridgehead atoms. The molecule has 0 radical (unpaired) electrons. The molecule has 0 aliphatic carbocycles. The fraction of sp³-hybridized carbons (Fsp3) is 0.900. The van der Waals surface area contributed by atoms with E-state index in [9.17, 15) is 13.2 Å². The second kappa shape index (κ2) is 8.52. The minimum absolute atomic E-state index is 0.248. The molecule has 3 nitrogen and oxygen atoms in total. The van der Waals surface area contributed by atoms with Gasteiger partial charge in [0.1, 0.15) is 0 Å². The van der Waals surface area contributed by atoms with Crippen molar-refractivity contribution in [2.45, 2.75) is 38.9 Å². The molecule has 0 rings (SSSR count). The monoisotopic (exact) mass is 272 g/mol. The molecule has 0 aliphatic rings. The third-order valence-corrected chi connectivity index (χ3v) is 2.13. The highest BCUT2D eigenvalue weighted by Gasteiger charge is 2.30. The van der Waals surface area contributed by atoms with E-state index >= 15 is 0 Å². The third-order valence-electron chi connectivity index (χ3n) is 1.87. The maximum Gasteiger partial charge on any atom is 0.391 e. The zero-order valence-electron chi connectivity index (χ0n) is 10.1. The molecular formula is C10H19F3N2OS. The van der Waals surface area contributed by atoms with Crippen molar-refractivity contribution in [2.24, 2.45) is 0 Å². The lowest BCUT2D eigenvalue weighted by Crippen LogP contribution is -2.42. The van der Waals surface area contributed by atoms with Crippen molar-refractivity contribution < 1.29 is 17.9 Å². The summed E-state index contributed by atoms with van der Waals surface area (Å²) in [6, 6.07) is -0.720. The molecule has 17 heavy (non-hydrogen) atoms. The van der Waals surface area contributed by atoms with Crippen LogP contribution >= 0.6 is 12.2 Å². The average Bonchev–Trinajstić information content (AvgIpc) is 2.14. The molecule has 102 valence electrons. The summed E-state index contributed by atoms with van der Waals surface area (Å²) < 4.78 is 41.2. The predicted molar refractivity (Wildman–Crippen MR) is 65.0 cm³/mol. The largest absolute Gasteiger partial charge is 0.391 e. The molecule has 0 spiro atoms. The van der Waals surface area contributed by atoms with Gasteiger partial charge < -0.3 is 15.4 Å². The third kappa shape index (κ3) is 11.7. The predicted octanol–water partition coefficient (Wildman–Crippen LogP) is 2.22. The summed E-state index contributed by atoms with van der Waals surface area (Å²) in [5.74, 6) is 0. The Morgan fingerprint density at radius 1 is 1.41 bits per heavy atom. The van der Waals surface area contributed by atoms with Crippen LogP contribution in [0.15, 0.2) is 0 Å². The van der Waals surface area contributed by atoms with Crippen LogP contribution in [0.1, 0.15) is 26.7 Å². The fourth-order valence-electron chi connectivity index (χ4n) is 1.19. The van der Waals surface area contributed by atoms with E-state index in [1.807, 2.05) is 6.92 Å². The fourth-order valence-corrected chi connectivity index (χ4v) is 1.50. The minimum Gasteiger partial charge on any atom is -0.382 e. The first-order valence-electron chi connectivity index (χ1n) is 5.54.